The molecule has 1 amide bonds. The van der Waals surface area contributed by atoms with E-state index in [2.05, 4.69) is 44.9 Å². The van der Waals surface area contributed by atoms with Crippen LogP contribution in [0.4, 0.5) is 0 Å². The first-order chi connectivity index (χ1) is 8.80. The van der Waals surface area contributed by atoms with Gasteiger partial charge >= 0.3 is 0 Å². The van der Waals surface area contributed by atoms with E-state index in [0.717, 1.165) is 4.88 Å². The second-order valence-electron chi connectivity index (χ2n) is 6.02. The minimum absolute atomic E-state index is 0.00514. The van der Waals surface area contributed by atoms with Gasteiger partial charge in [-0.3, -0.25) is 4.79 Å². The van der Waals surface area contributed by atoms with Gasteiger partial charge in [0.15, 0.2) is 0 Å². The van der Waals surface area contributed by atoms with E-state index in [4.69, 9.17) is 5.73 Å². The van der Waals surface area contributed by atoms with Crippen LogP contribution < -0.4 is 11.1 Å². The van der Waals surface area contributed by atoms with E-state index in [1.807, 2.05) is 12.1 Å². The van der Waals surface area contributed by atoms with Crippen molar-refractivity contribution >= 4 is 17.2 Å². The molecule has 4 heteroatoms. The van der Waals surface area contributed by atoms with Crippen LogP contribution in [0.15, 0.2) is 12.1 Å². The lowest BCUT2D eigenvalue weighted by atomic mass is 10.0. The minimum atomic E-state index is -0.00514. The maximum atomic E-state index is 12.2. The zero-order chi connectivity index (χ0) is 14.3. The number of nitrogens with two attached hydrogens (primary N) is 1. The summed E-state index contributed by atoms with van der Waals surface area (Å²) in [4.78, 5) is 13.8. The summed E-state index contributed by atoms with van der Waals surface area (Å²) in [7, 11) is 0. The maximum absolute atomic E-state index is 12.2. The van der Waals surface area contributed by atoms with Gasteiger partial charge in [0.2, 0.25) is 0 Å². The molecule has 1 aromatic heterocycles. The molecule has 102 valence electrons. The van der Waals surface area contributed by atoms with E-state index in [1.165, 1.54) is 11.3 Å². The quantitative estimate of drug-likeness (QED) is 0.814. The van der Waals surface area contributed by atoms with E-state index in [-0.39, 0.29) is 22.8 Å². The smallest absolute Gasteiger partial charge is 0.261 e. The minimum Gasteiger partial charge on any atom is -0.347 e. The highest BCUT2D eigenvalue weighted by Gasteiger charge is 2.65. The van der Waals surface area contributed by atoms with Crippen LogP contribution in [0.1, 0.15) is 42.2 Å². The van der Waals surface area contributed by atoms with Crippen molar-refractivity contribution < 1.29 is 4.79 Å². The van der Waals surface area contributed by atoms with Crippen LogP contribution in [0.5, 0.6) is 0 Å². The lowest BCUT2D eigenvalue weighted by Gasteiger charge is -2.04. The molecule has 1 saturated carbocycles. The highest BCUT2D eigenvalue weighted by atomic mass is 32.1. The van der Waals surface area contributed by atoms with Crippen molar-refractivity contribution in [2.75, 3.05) is 6.54 Å². The fourth-order valence-electron chi connectivity index (χ4n) is 2.42. The van der Waals surface area contributed by atoms with Gasteiger partial charge < -0.3 is 11.1 Å². The van der Waals surface area contributed by atoms with Gasteiger partial charge in [-0.15, -0.1) is 11.3 Å². The molecule has 2 rings (SSSR count). The summed E-state index contributed by atoms with van der Waals surface area (Å²) in [6, 6.07) is 3.92. The molecule has 0 radical (unpaired) electrons. The zero-order valence-electron chi connectivity index (χ0n) is 11.8. The summed E-state index contributed by atoms with van der Waals surface area (Å²) in [6.07, 6.45) is 0. The number of carbonyl (C=O) groups excluding carboxylic acids is 1. The third kappa shape index (κ3) is 2.41. The number of hydrogen-bond acceptors (Lipinski definition) is 3. The van der Waals surface area contributed by atoms with Crippen molar-refractivity contribution in [1.29, 1.82) is 0 Å². The largest absolute Gasteiger partial charge is 0.347 e. The number of nitrogens with one attached hydrogen (secondary N) is 1. The molecule has 3 nitrogen and oxygen atoms in total. The lowest BCUT2D eigenvalue weighted by molar-refractivity contribution is 0.0947. The predicted octanol–water partition coefficient (Wildman–Crippen LogP) is 2.22. The van der Waals surface area contributed by atoms with Crippen LogP contribution in [0.3, 0.4) is 0 Å². The van der Waals surface area contributed by atoms with Crippen molar-refractivity contribution in [1.82, 2.24) is 5.32 Å². The standard InChI is InChI=1S/C15H20N2OS/c1-14(2)13(15(14,3)4)17-12(18)11-8-7-10(19-11)6-5-9-16/h7-8,13H,9,16H2,1-4H3,(H,17,18). The first-order valence-electron chi connectivity index (χ1n) is 6.40. The third-order valence-corrected chi connectivity index (χ3v) is 5.44. The van der Waals surface area contributed by atoms with E-state index in [1.54, 1.807) is 0 Å². The Bertz CT molecular complexity index is 546. The van der Waals surface area contributed by atoms with Crippen LogP contribution in [0.25, 0.3) is 0 Å². The summed E-state index contributed by atoms with van der Waals surface area (Å²) in [6.45, 7) is 9.08. The van der Waals surface area contributed by atoms with E-state index >= 15 is 0 Å². The Morgan fingerprint density at radius 3 is 2.53 bits per heavy atom. The molecular formula is C15H20N2OS. The van der Waals surface area contributed by atoms with Crippen LogP contribution in [0, 0.1) is 22.7 Å². The Kier molecular flexibility index (Phi) is 3.46. The van der Waals surface area contributed by atoms with Crippen molar-refractivity contribution in [3.8, 4) is 11.8 Å². The van der Waals surface area contributed by atoms with Crippen LogP contribution in [-0.2, 0) is 0 Å². The number of thiophene rings is 1. The van der Waals surface area contributed by atoms with Gasteiger partial charge in [0.05, 0.1) is 16.3 Å². The van der Waals surface area contributed by atoms with Crippen molar-refractivity contribution in [2.24, 2.45) is 16.6 Å². The molecule has 0 spiro atoms. The molecule has 1 heterocycles. The summed E-state index contributed by atoms with van der Waals surface area (Å²) < 4.78 is 0. The number of amides is 1. The van der Waals surface area contributed by atoms with Gasteiger partial charge in [0.1, 0.15) is 0 Å². The highest BCUT2D eigenvalue weighted by molar-refractivity contribution is 7.14. The van der Waals surface area contributed by atoms with E-state index in [9.17, 15) is 4.79 Å². The molecule has 19 heavy (non-hydrogen) atoms. The Hall–Kier alpha value is -1.31. The molecule has 3 N–H and O–H groups in total. The van der Waals surface area contributed by atoms with Crippen LogP contribution in [0.2, 0.25) is 0 Å². The van der Waals surface area contributed by atoms with Gasteiger partial charge in [0.25, 0.3) is 5.91 Å². The SMILES string of the molecule is CC1(C)C(NC(=O)c2ccc(C#CCN)s2)C1(C)C. The summed E-state index contributed by atoms with van der Waals surface area (Å²) in [5.41, 5.74) is 5.64. The zero-order valence-corrected chi connectivity index (χ0v) is 12.6. The molecular weight excluding hydrogens is 256 g/mol. The Morgan fingerprint density at radius 1 is 1.37 bits per heavy atom. The normalized spacial score (nSPS) is 19.4. The Balaban J connectivity index is 2.04. The number of hydrogen-bond donors (Lipinski definition) is 2. The second kappa shape index (κ2) is 4.66. The number of rotatable bonds is 2. The topological polar surface area (TPSA) is 55.1 Å². The van der Waals surface area contributed by atoms with Gasteiger partial charge in [0, 0.05) is 6.04 Å². The Morgan fingerprint density at radius 2 is 2.00 bits per heavy atom. The predicted molar refractivity (Wildman–Crippen MR) is 79.1 cm³/mol. The first kappa shape index (κ1) is 14.1. The highest BCUT2D eigenvalue weighted by Crippen LogP contribution is 2.62. The molecule has 0 saturated heterocycles. The monoisotopic (exact) mass is 276 g/mol. The summed E-state index contributed by atoms with van der Waals surface area (Å²) >= 11 is 1.41. The summed E-state index contributed by atoms with van der Waals surface area (Å²) in [5, 5.41) is 3.12. The molecule has 0 aliphatic heterocycles. The van der Waals surface area contributed by atoms with Crippen LogP contribution in [-0.4, -0.2) is 18.5 Å². The molecule has 1 aliphatic rings. The fraction of sp³-hybridized carbons (Fsp3) is 0.533. The molecule has 0 atom stereocenters. The van der Waals surface area contributed by atoms with Gasteiger partial charge in [-0.1, -0.05) is 39.5 Å². The molecule has 1 fully saturated rings. The fourth-order valence-corrected chi connectivity index (χ4v) is 3.21. The summed E-state index contributed by atoms with van der Waals surface area (Å²) in [5.74, 6) is 5.73. The van der Waals surface area contributed by atoms with Gasteiger partial charge in [-0.25, -0.2) is 0 Å². The number of carbonyl (C=O) groups is 1. The first-order valence-corrected chi connectivity index (χ1v) is 7.22. The third-order valence-electron chi connectivity index (χ3n) is 4.44. The van der Waals surface area contributed by atoms with Crippen molar-refractivity contribution in [3.63, 3.8) is 0 Å². The molecule has 0 aromatic carbocycles. The van der Waals surface area contributed by atoms with E-state index in [0.29, 0.717) is 11.4 Å². The molecule has 0 unspecified atom stereocenters. The van der Waals surface area contributed by atoms with Gasteiger partial charge in [-0.2, -0.15) is 0 Å². The van der Waals surface area contributed by atoms with Crippen LogP contribution >= 0.6 is 11.3 Å². The molecule has 1 aromatic rings. The maximum Gasteiger partial charge on any atom is 0.261 e. The van der Waals surface area contributed by atoms with Gasteiger partial charge in [-0.05, 0) is 23.0 Å². The average molecular weight is 276 g/mol. The van der Waals surface area contributed by atoms with Crippen molar-refractivity contribution in [3.05, 3.63) is 21.9 Å². The van der Waals surface area contributed by atoms with Crippen molar-refractivity contribution in [2.45, 2.75) is 33.7 Å². The molecule has 1 aliphatic carbocycles. The van der Waals surface area contributed by atoms with E-state index < -0.39 is 0 Å². The second-order valence-corrected chi connectivity index (χ2v) is 7.10. The average Bonchev–Trinajstić information content (AvgIpc) is 2.76. The Labute approximate surface area is 118 Å². The molecule has 0 bridgehead atoms. The lowest BCUT2D eigenvalue weighted by Crippen LogP contribution is -2.29.